The zero-order chi connectivity index (χ0) is 13.9. The molecule has 3 rings (SSSR count). The van der Waals surface area contributed by atoms with Crippen molar-refractivity contribution in [3.05, 3.63) is 65.0 Å². The molecular formula is C15H11ClN2O2. The van der Waals surface area contributed by atoms with E-state index >= 15 is 0 Å². The van der Waals surface area contributed by atoms with Gasteiger partial charge >= 0.3 is 0 Å². The molecular weight excluding hydrogens is 276 g/mol. The minimum absolute atomic E-state index is 0.213. The summed E-state index contributed by atoms with van der Waals surface area (Å²) in [5.74, 6) is 1.09. The maximum Gasteiger partial charge on any atom is 0.231 e. The summed E-state index contributed by atoms with van der Waals surface area (Å²) in [7, 11) is 0. The first kappa shape index (κ1) is 12.7. The van der Waals surface area contributed by atoms with E-state index in [-0.39, 0.29) is 5.75 Å². The van der Waals surface area contributed by atoms with E-state index in [0.29, 0.717) is 23.2 Å². The van der Waals surface area contributed by atoms with Crippen molar-refractivity contribution in [3.8, 4) is 17.1 Å². The summed E-state index contributed by atoms with van der Waals surface area (Å²) in [4.78, 5) is 4.30. The van der Waals surface area contributed by atoms with Gasteiger partial charge in [0.2, 0.25) is 11.7 Å². The molecule has 0 amide bonds. The standard InChI is InChI=1S/C15H11ClN2O2/c16-12-7-3-2-6-11(12)15-17-14(20-18-15)9-10-5-1-4-8-13(10)19/h1-8,19H,9H2. The predicted octanol–water partition coefficient (Wildman–Crippen LogP) is 3.69. The van der Waals surface area contributed by atoms with Gasteiger partial charge in [-0.15, -0.1) is 0 Å². The van der Waals surface area contributed by atoms with Crippen LogP contribution in [0.1, 0.15) is 11.5 Å². The Hall–Kier alpha value is -2.33. The van der Waals surface area contributed by atoms with Gasteiger partial charge in [0.25, 0.3) is 0 Å². The molecule has 20 heavy (non-hydrogen) atoms. The van der Waals surface area contributed by atoms with Crippen LogP contribution in [0.25, 0.3) is 11.4 Å². The molecule has 4 nitrogen and oxygen atoms in total. The molecule has 1 heterocycles. The lowest BCUT2D eigenvalue weighted by molar-refractivity contribution is 0.383. The highest BCUT2D eigenvalue weighted by Crippen LogP contribution is 2.26. The highest BCUT2D eigenvalue weighted by molar-refractivity contribution is 6.33. The van der Waals surface area contributed by atoms with Crippen LogP contribution < -0.4 is 0 Å². The quantitative estimate of drug-likeness (QED) is 0.798. The predicted molar refractivity (Wildman–Crippen MR) is 75.7 cm³/mol. The molecule has 1 aromatic heterocycles. The first-order valence-electron chi connectivity index (χ1n) is 6.08. The lowest BCUT2D eigenvalue weighted by Crippen LogP contribution is -1.89. The topological polar surface area (TPSA) is 59.2 Å². The second kappa shape index (κ2) is 5.35. The first-order valence-corrected chi connectivity index (χ1v) is 6.46. The molecule has 0 fully saturated rings. The Morgan fingerprint density at radius 2 is 1.80 bits per heavy atom. The van der Waals surface area contributed by atoms with Crippen molar-refractivity contribution in [3.63, 3.8) is 0 Å². The fourth-order valence-electron chi connectivity index (χ4n) is 1.90. The number of para-hydroxylation sites is 1. The third-order valence-electron chi connectivity index (χ3n) is 2.92. The summed E-state index contributed by atoms with van der Waals surface area (Å²) in [6, 6.07) is 14.4. The zero-order valence-electron chi connectivity index (χ0n) is 10.5. The van der Waals surface area contributed by atoms with E-state index in [0.717, 1.165) is 11.1 Å². The van der Waals surface area contributed by atoms with E-state index in [4.69, 9.17) is 16.1 Å². The van der Waals surface area contributed by atoms with Crippen LogP contribution in [0.2, 0.25) is 5.02 Å². The number of rotatable bonds is 3. The van der Waals surface area contributed by atoms with Crippen molar-refractivity contribution in [1.29, 1.82) is 0 Å². The van der Waals surface area contributed by atoms with Crippen molar-refractivity contribution in [1.82, 2.24) is 10.1 Å². The smallest absolute Gasteiger partial charge is 0.231 e. The van der Waals surface area contributed by atoms with Gasteiger partial charge in [-0.05, 0) is 18.2 Å². The molecule has 3 aromatic rings. The Bertz CT molecular complexity index is 740. The van der Waals surface area contributed by atoms with Crippen LogP contribution in [0, 0.1) is 0 Å². The minimum atomic E-state index is 0.213. The molecule has 0 bridgehead atoms. The molecule has 0 aliphatic rings. The molecule has 0 atom stereocenters. The average molecular weight is 287 g/mol. The summed E-state index contributed by atoms with van der Waals surface area (Å²) in [6.45, 7) is 0. The van der Waals surface area contributed by atoms with Crippen molar-refractivity contribution in [2.24, 2.45) is 0 Å². The monoisotopic (exact) mass is 286 g/mol. The van der Waals surface area contributed by atoms with E-state index in [2.05, 4.69) is 10.1 Å². The second-order valence-electron chi connectivity index (χ2n) is 4.30. The third kappa shape index (κ3) is 2.51. The Morgan fingerprint density at radius 1 is 1.05 bits per heavy atom. The van der Waals surface area contributed by atoms with Crippen LogP contribution in [0.3, 0.4) is 0 Å². The zero-order valence-corrected chi connectivity index (χ0v) is 11.2. The fourth-order valence-corrected chi connectivity index (χ4v) is 2.12. The van der Waals surface area contributed by atoms with Gasteiger partial charge in [0.05, 0.1) is 11.4 Å². The van der Waals surface area contributed by atoms with Crippen LogP contribution in [0.4, 0.5) is 0 Å². The number of benzene rings is 2. The molecule has 0 radical (unpaired) electrons. The average Bonchev–Trinajstić information content (AvgIpc) is 2.90. The molecule has 0 unspecified atom stereocenters. The van der Waals surface area contributed by atoms with E-state index in [9.17, 15) is 5.11 Å². The number of phenols is 1. The highest BCUT2D eigenvalue weighted by Gasteiger charge is 2.12. The lowest BCUT2D eigenvalue weighted by atomic mass is 10.1. The maximum atomic E-state index is 9.73. The molecule has 1 N–H and O–H groups in total. The second-order valence-corrected chi connectivity index (χ2v) is 4.70. The summed E-state index contributed by atoms with van der Waals surface area (Å²) in [5, 5.41) is 14.2. The van der Waals surface area contributed by atoms with Gasteiger partial charge in [-0.2, -0.15) is 4.98 Å². The molecule has 0 saturated heterocycles. The molecule has 0 spiro atoms. The van der Waals surface area contributed by atoms with Gasteiger partial charge in [0.15, 0.2) is 0 Å². The SMILES string of the molecule is Oc1ccccc1Cc1nc(-c2ccccc2Cl)no1. The van der Waals surface area contributed by atoms with E-state index in [1.807, 2.05) is 30.3 Å². The van der Waals surface area contributed by atoms with Gasteiger partial charge < -0.3 is 9.63 Å². The van der Waals surface area contributed by atoms with Crippen molar-refractivity contribution in [2.75, 3.05) is 0 Å². The molecule has 5 heteroatoms. The molecule has 0 saturated carbocycles. The summed E-state index contributed by atoms with van der Waals surface area (Å²) < 4.78 is 5.20. The fraction of sp³-hybridized carbons (Fsp3) is 0.0667. The van der Waals surface area contributed by atoms with E-state index < -0.39 is 0 Å². The number of hydrogen-bond acceptors (Lipinski definition) is 4. The Labute approximate surface area is 120 Å². The van der Waals surface area contributed by atoms with E-state index in [1.165, 1.54) is 0 Å². The largest absolute Gasteiger partial charge is 0.508 e. The van der Waals surface area contributed by atoms with Crippen LogP contribution in [0.15, 0.2) is 53.1 Å². The van der Waals surface area contributed by atoms with Crippen LogP contribution in [-0.4, -0.2) is 15.2 Å². The van der Waals surface area contributed by atoms with Gasteiger partial charge in [-0.25, -0.2) is 0 Å². The molecule has 0 aliphatic heterocycles. The van der Waals surface area contributed by atoms with Crippen molar-refractivity contribution >= 4 is 11.6 Å². The number of nitrogens with zero attached hydrogens (tertiary/aromatic N) is 2. The maximum absolute atomic E-state index is 9.73. The molecule has 100 valence electrons. The van der Waals surface area contributed by atoms with Crippen molar-refractivity contribution < 1.29 is 9.63 Å². The Morgan fingerprint density at radius 3 is 2.60 bits per heavy atom. The normalized spacial score (nSPS) is 10.7. The van der Waals surface area contributed by atoms with Gasteiger partial charge in [0.1, 0.15) is 5.75 Å². The summed E-state index contributed by atoms with van der Waals surface area (Å²) >= 11 is 6.09. The highest BCUT2D eigenvalue weighted by atomic mass is 35.5. The minimum Gasteiger partial charge on any atom is -0.508 e. The van der Waals surface area contributed by atoms with Crippen LogP contribution in [-0.2, 0) is 6.42 Å². The third-order valence-corrected chi connectivity index (χ3v) is 3.25. The number of phenolic OH excluding ortho intramolecular Hbond substituents is 1. The van der Waals surface area contributed by atoms with Crippen molar-refractivity contribution in [2.45, 2.75) is 6.42 Å². The summed E-state index contributed by atoms with van der Waals surface area (Å²) in [6.07, 6.45) is 0.379. The van der Waals surface area contributed by atoms with Crippen LogP contribution in [0.5, 0.6) is 5.75 Å². The van der Waals surface area contributed by atoms with Gasteiger partial charge in [-0.1, -0.05) is 47.1 Å². The molecule has 0 aliphatic carbocycles. The summed E-state index contributed by atoms with van der Waals surface area (Å²) in [5.41, 5.74) is 1.46. The number of aromatic hydroxyl groups is 1. The number of hydrogen-bond donors (Lipinski definition) is 1. The molecule has 2 aromatic carbocycles. The number of aromatic nitrogens is 2. The van der Waals surface area contributed by atoms with Gasteiger partial charge in [-0.3, -0.25) is 0 Å². The number of halogens is 1. The lowest BCUT2D eigenvalue weighted by Gasteiger charge is -1.99. The first-order chi connectivity index (χ1) is 9.74. The van der Waals surface area contributed by atoms with E-state index in [1.54, 1.807) is 18.2 Å². The Kier molecular flexibility index (Phi) is 3.39. The van der Waals surface area contributed by atoms with Crippen LogP contribution >= 0.6 is 11.6 Å². The Balaban J connectivity index is 1.88. The van der Waals surface area contributed by atoms with Gasteiger partial charge in [0, 0.05) is 11.1 Å².